The summed E-state index contributed by atoms with van der Waals surface area (Å²) in [5.74, 6) is -3.07. The van der Waals surface area contributed by atoms with Gasteiger partial charge in [0.2, 0.25) is 5.91 Å². The monoisotopic (exact) mass is 382 g/mol. The van der Waals surface area contributed by atoms with Crippen molar-refractivity contribution in [2.75, 3.05) is 0 Å². The van der Waals surface area contributed by atoms with Crippen molar-refractivity contribution in [2.45, 2.75) is 55.0 Å². The first-order valence-electron chi connectivity index (χ1n) is 7.36. The third-order valence-electron chi connectivity index (χ3n) is 4.46. The Morgan fingerprint density at radius 3 is 2.54 bits per heavy atom. The molecule has 1 aliphatic heterocycles. The van der Waals surface area contributed by atoms with Gasteiger partial charge in [0.1, 0.15) is 10.6 Å². The van der Waals surface area contributed by atoms with Crippen LogP contribution in [0.25, 0.3) is 0 Å². The van der Waals surface area contributed by atoms with E-state index in [1.807, 2.05) is 0 Å². The Labute approximate surface area is 148 Å². The molecule has 1 amide bonds. The van der Waals surface area contributed by atoms with E-state index in [-0.39, 0.29) is 12.0 Å². The Hall–Kier alpha value is -1.06. The first kappa shape index (κ1) is 19.3. The van der Waals surface area contributed by atoms with Gasteiger partial charge in [-0.15, -0.1) is 23.2 Å². The van der Waals surface area contributed by atoms with Gasteiger partial charge in [0.15, 0.2) is 5.60 Å². The van der Waals surface area contributed by atoms with Crippen LogP contribution in [0.1, 0.15) is 20.3 Å². The summed E-state index contributed by atoms with van der Waals surface area (Å²) in [5, 5.41) is 32.9. The molecule has 1 fully saturated rings. The number of amides is 1. The van der Waals surface area contributed by atoms with Gasteiger partial charge in [0, 0.05) is 12.3 Å². The second-order valence-corrected chi connectivity index (χ2v) is 7.39. The molecule has 1 saturated heterocycles. The molecule has 6 N–H and O–H groups in total. The third kappa shape index (κ3) is 3.09. The average Bonchev–Trinajstić information content (AvgIpc) is 2.46. The van der Waals surface area contributed by atoms with E-state index >= 15 is 0 Å². The molecule has 24 heavy (non-hydrogen) atoms. The van der Waals surface area contributed by atoms with E-state index in [1.54, 1.807) is 0 Å². The number of halogens is 2. The van der Waals surface area contributed by atoms with Gasteiger partial charge < -0.3 is 31.1 Å². The third-order valence-corrected chi connectivity index (χ3v) is 5.33. The molecule has 8 nitrogen and oxygen atoms in total. The molecular formula is C14H20Cl2N2O6. The summed E-state index contributed by atoms with van der Waals surface area (Å²) < 4.78 is 5.28. The molecule has 136 valence electrons. The summed E-state index contributed by atoms with van der Waals surface area (Å²) in [4.78, 5) is 23.1. The minimum atomic E-state index is -1.60. The minimum Gasteiger partial charge on any atom is -0.512 e. The van der Waals surface area contributed by atoms with Crippen molar-refractivity contribution >= 4 is 35.1 Å². The molecule has 0 aromatic heterocycles. The van der Waals surface area contributed by atoms with Crippen LogP contribution in [0.3, 0.4) is 0 Å². The molecule has 0 saturated carbocycles. The van der Waals surface area contributed by atoms with Crippen molar-refractivity contribution in [3.8, 4) is 0 Å². The van der Waals surface area contributed by atoms with Crippen LogP contribution < -0.4 is 11.1 Å². The zero-order valence-electron chi connectivity index (χ0n) is 13.1. The van der Waals surface area contributed by atoms with Crippen molar-refractivity contribution in [3.05, 3.63) is 11.3 Å². The van der Waals surface area contributed by atoms with E-state index in [0.29, 0.717) is 0 Å². The quantitative estimate of drug-likeness (QED) is 0.326. The predicted octanol–water partition coefficient (Wildman–Crippen LogP) is -0.509. The number of ether oxygens (including phenoxy) is 1. The first-order chi connectivity index (χ1) is 11.0. The number of hydrogen-bond donors (Lipinski definition) is 5. The van der Waals surface area contributed by atoms with Gasteiger partial charge in [-0.3, -0.25) is 4.79 Å². The molecule has 2 rings (SSSR count). The topological polar surface area (TPSA) is 142 Å². The number of aliphatic hydroxyl groups excluding tert-OH is 3. The van der Waals surface area contributed by atoms with Crippen LogP contribution in [0.2, 0.25) is 0 Å². The number of cyclic esters (lactones) is 1. The van der Waals surface area contributed by atoms with E-state index in [4.69, 9.17) is 33.7 Å². The Balaban J connectivity index is 2.55. The molecule has 0 radical (unpaired) electrons. The summed E-state index contributed by atoms with van der Waals surface area (Å²) in [6.45, 7) is 2.84. The van der Waals surface area contributed by atoms with Crippen molar-refractivity contribution < 1.29 is 29.6 Å². The fraction of sp³-hybridized carbons (Fsp3) is 0.714. The van der Waals surface area contributed by atoms with E-state index in [9.17, 15) is 24.9 Å². The zero-order valence-corrected chi connectivity index (χ0v) is 14.6. The lowest BCUT2D eigenvalue weighted by atomic mass is 9.71. The van der Waals surface area contributed by atoms with E-state index in [0.717, 1.165) is 0 Å². The number of esters is 1. The Morgan fingerprint density at radius 2 is 2.04 bits per heavy atom. The maximum atomic E-state index is 12.3. The first-order valence-corrected chi connectivity index (χ1v) is 8.23. The number of hydrogen-bond acceptors (Lipinski definition) is 7. The smallest absolute Gasteiger partial charge is 0.338 e. The number of nitrogens with two attached hydrogens (primary N) is 1. The molecule has 0 aromatic rings. The summed E-state index contributed by atoms with van der Waals surface area (Å²) in [5.41, 5.74) is 3.73. The number of nitrogens with one attached hydrogen (secondary N) is 1. The highest BCUT2D eigenvalue weighted by Crippen LogP contribution is 2.44. The molecular weight excluding hydrogens is 363 g/mol. The molecule has 2 aliphatic rings. The molecule has 10 heteroatoms. The van der Waals surface area contributed by atoms with E-state index in [2.05, 4.69) is 5.32 Å². The van der Waals surface area contributed by atoms with E-state index < -0.39 is 58.3 Å². The van der Waals surface area contributed by atoms with Crippen LogP contribution in [0.4, 0.5) is 0 Å². The highest BCUT2D eigenvalue weighted by atomic mass is 35.5. The second kappa shape index (κ2) is 6.68. The van der Waals surface area contributed by atoms with Crippen molar-refractivity contribution in [1.82, 2.24) is 5.32 Å². The van der Waals surface area contributed by atoms with Crippen molar-refractivity contribution in [1.29, 1.82) is 0 Å². The summed E-state index contributed by atoms with van der Waals surface area (Å²) in [6, 6.07) is -1.99. The van der Waals surface area contributed by atoms with Gasteiger partial charge >= 0.3 is 5.97 Å². The number of fused-ring (bicyclic) bond motifs is 1. The molecule has 1 aliphatic carbocycles. The molecule has 0 aromatic carbocycles. The fourth-order valence-corrected chi connectivity index (χ4v) is 3.38. The van der Waals surface area contributed by atoms with Crippen LogP contribution in [0.5, 0.6) is 0 Å². The van der Waals surface area contributed by atoms with Crippen LogP contribution in [-0.2, 0) is 14.3 Å². The summed E-state index contributed by atoms with van der Waals surface area (Å²) >= 11 is 11.9. The minimum absolute atomic E-state index is 0.214. The molecule has 0 bridgehead atoms. The summed E-state index contributed by atoms with van der Waals surface area (Å²) in [7, 11) is 0. The molecule has 6 atom stereocenters. The van der Waals surface area contributed by atoms with Gasteiger partial charge in [-0.1, -0.05) is 0 Å². The van der Waals surface area contributed by atoms with Crippen LogP contribution in [-0.4, -0.2) is 61.9 Å². The normalized spacial score (nSPS) is 37.8. The van der Waals surface area contributed by atoms with Crippen LogP contribution in [0.15, 0.2) is 11.3 Å². The Kier molecular flexibility index (Phi) is 5.37. The number of aliphatic hydroxyl groups is 3. The maximum Gasteiger partial charge on any atom is 0.338 e. The second-order valence-electron chi connectivity index (χ2n) is 6.30. The SMILES string of the molecule is CC(N)C(=O)N[C@@H]1C2C(=C(O)C[C@@H](O)[C@@H]2O)C(=O)O[C@]1(C)C(Cl)Cl. The average molecular weight is 383 g/mol. The van der Waals surface area contributed by atoms with Crippen molar-refractivity contribution in [3.63, 3.8) is 0 Å². The van der Waals surface area contributed by atoms with Gasteiger partial charge in [0.25, 0.3) is 0 Å². The maximum absolute atomic E-state index is 12.3. The largest absolute Gasteiger partial charge is 0.512 e. The lowest BCUT2D eigenvalue weighted by Gasteiger charge is -2.50. The zero-order chi connectivity index (χ0) is 18.4. The standard InChI is InChI=1S/C14H20Cl2N2O6/c1-4(17)11(22)18-10-8-7(5(19)3-6(20)9(8)21)12(23)24-14(10,2)13(15)16/h4,6,8-10,13,19-21H,3,17H2,1-2H3,(H,18,22)/t4?,6-,8?,9+,10-,14+/m1/s1. The predicted molar refractivity (Wildman–Crippen MR) is 85.3 cm³/mol. The molecule has 1 heterocycles. The van der Waals surface area contributed by atoms with Gasteiger partial charge in [-0.2, -0.15) is 0 Å². The van der Waals surface area contributed by atoms with Crippen LogP contribution >= 0.6 is 23.2 Å². The van der Waals surface area contributed by atoms with Gasteiger partial charge in [0.05, 0.1) is 29.9 Å². The van der Waals surface area contributed by atoms with Crippen molar-refractivity contribution in [2.24, 2.45) is 11.7 Å². The Bertz CT molecular complexity index is 582. The number of rotatable bonds is 3. The Morgan fingerprint density at radius 1 is 1.46 bits per heavy atom. The highest BCUT2D eigenvalue weighted by molar-refractivity contribution is 6.45. The number of carbonyl (C=O) groups excluding carboxylic acids is 2. The number of alkyl halides is 2. The van der Waals surface area contributed by atoms with Crippen LogP contribution in [0, 0.1) is 5.92 Å². The van der Waals surface area contributed by atoms with E-state index in [1.165, 1.54) is 13.8 Å². The summed E-state index contributed by atoms with van der Waals surface area (Å²) in [6.07, 6.45) is -3.07. The molecule has 0 spiro atoms. The molecule has 2 unspecified atom stereocenters. The highest BCUT2D eigenvalue weighted by Gasteiger charge is 2.59. The lowest BCUT2D eigenvalue weighted by molar-refractivity contribution is -0.173. The van der Waals surface area contributed by atoms with Gasteiger partial charge in [-0.05, 0) is 13.8 Å². The van der Waals surface area contributed by atoms with Gasteiger partial charge in [-0.25, -0.2) is 4.79 Å². The number of carbonyl (C=O) groups is 2. The fourth-order valence-electron chi connectivity index (χ4n) is 3.02. The lowest BCUT2D eigenvalue weighted by Crippen LogP contribution is -2.68.